The van der Waals surface area contributed by atoms with Crippen LogP contribution in [0.5, 0.6) is 0 Å². The van der Waals surface area contributed by atoms with Crippen LogP contribution in [0.3, 0.4) is 0 Å². The first-order chi connectivity index (χ1) is 14.4. The molecule has 170 valence electrons. The zero-order valence-corrected chi connectivity index (χ0v) is 18.1. The van der Waals surface area contributed by atoms with Crippen molar-refractivity contribution in [3.8, 4) is 0 Å². The number of cyclic esters (lactones) is 1. The molecule has 30 heavy (non-hydrogen) atoms. The molecule has 0 aromatic carbocycles. The highest BCUT2D eigenvalue weighted by Crippen LogP contribution is 2.26. The largest absolute Gasteiger partial charge is 0.468 e. The second-order valence-corrected chi connectivity index (χ2v) is 8.20. The van der Waals surface area contributed by atoms with Crippen LogP contribution < -0.4 is 5.73 Å². The van der Waals surface area contributed by atoms with Gasteiger partial charge in [0.1, 0.15) is 0 Å². The predicted octanol–water partition coefficient (Wildman–Crippen LogP) is -1.16. The molecule has 2 atom stereocenters. The lowest BCUT2D eigenvalue weighted by Crippen LogP contribution is -2.54. The Balaban J connectivity index is 1.45. The number of carbonyl (C=O) groups excluding carboxylic acids is 2. The van der Waals surface area contributed by atoms with Crippen molar-refractivity contribution in [2.75, 3.05) is 79.6 Å². The van der Waals surface area contributed by atoms with Gasteiger partial charge in [0.15, 0.2) is 12.2 Å². The fourth-order valence-electron chi connectivity index (χ4n) is 4.41. The van der Waals surface area contributed by atoms with Crippen molar-refractivity contribution in [1.29, 1.82) is 5.41 Å². The molecule has 3 saturated heterocycles. The molecule has 3 aliphatic rings. The van der Waals surface area contributed by atoms with Crippen molar-refractivity contribution in [2.45, 2.75) is 25.1 Å². The number of hydrogen-bond donors (Lipinski definition) is 2. The Morgan fingerprint density at radius 3 is 2.37 bits per heavy atom. The van der Waals surface area contributed by atoms with Gasteiger partial charge in [0.05, 0.1) is 19.7 Å². The predicted molar refractivity (Wildman–Crippen MR) is 111 cm³/mol. The molecule has 0 spiro atoms. The summed E-state index contributed by atoms with van der Waals surface area (Å²) in [7, 11) is 3.21. The Morgan fingerprint density at radius 2 is 1.77 bits per heavy atom. The Labute approximate surface area is 178 Å². The minimum Gasteiger partial charge on any atom is -0.468 e. The van der Waals surface area contributed by atoms with Gasteiger partial charge in [-0.2, -0.15) is 0 Å². The van der Waals surface area contributed by atoms with E-state index in [1.165, 1.54) is 7.11 Å². The molecule has 3 heterocycles. The molecule has 2 unspecified atom stereocenters. The van der Waals surface area contributed by atoms with Crippen molar-refractivity contribution in [3.63, 3.8) is 0 Å². The molecule has 11 heteroatoms. The minimum absolute atomic E-state index is 0.0307. The van der Waals surface area contributed by atoms with Crippen molar-refractivity contribution >= 4 is 18.0 Å². The number of nitrogens with two attached hydrogens (primary N) is 1. The second kappa shape index (κ2) is 10.3. The molecule has 3 N–H and O–H groups in total. The van der Waals surface area contributed by atoms with Crippen LogP contribution in [0, 0.1) is 5.41 Å². The van der Waals surface area contributed by atoms with Gasteiger partial charge in [-0.3, -0.25) is 24.9 Å². The quantitative estimate of drug-likeness (QED) is 0.296. The third kappa shape index (κ3) is 5.52. The summed E-state index contributed by atoms with van der Waals surface area (Å²) in [6, 6.07) is 0.0307. The molecule has 3 rings (SSSR count). The molecule has 0 bridgehead atoms. The third-order valence-electron chi connectivity index (χ3n) is 6.37. The van der Waals surface area contributed by atoms with Crippen LogP contribution in [0.4, 0.5) is 4.79 Å². The molecular formula is C19H35N7O4. The number of piperazine rings is 2. The van der Waals surface area contributed by atoms with Crippen molar-refractivity contribution < 1.29 is 19.1 Å². The fraction of sp³-hybridized carbons (Fsp3) is 0.842. The SMILES string of the molecule is COC(=O)CN1CCN(C2OC(=O)N(C)C2CCCN2CCN(C(=N)N)CC2)CC1. The number of hydrogen-bond acceptors (Lipinski definition) is 8. The maximum atomic E-state index is 12.2. The number of likely N-dealkylation sites (N-methyl/N-ethyl adjacent to an activating group) is 1. The Kier molecular flexibility index (Phi) is 7.73. The number of guanidine groups is 1. The summed E-state index contributed by atoms with van der Waals surface area (Å²) in [5, 5.41) is 7.53. The van der Waals surface area contributed by atoms with Crippen LogP contribution in [0.1, 0.15) is 12.8 Å². The van der Waals surface area contributed by atoms with E-state index in [1.54, 1.807) is 4.90 Å². The lowest BCUT2D eigenvalue weighted by atomic mass is 10.1. The number of methoxy groups -OCH3 is 1. The van der Waals surface area contributed by atoms with Gasteiger partial charge < -0.3 is 25.0 Å². The standard InChI is InChI=1S/C19H35N7O4/c1-22-15(4-3-5-23-6-12-26(13-7-23)18(20)21)17(30-19(22)28)25-10-8-24(9-11-25)14-16(27)29-2/h15,17H,3-14H2,1-2H3,(H3,20,21). The van der Waals surface area contributed by atoms with Crippen LogP contribution in [0.15, 0.2) is 0 Å². The highest BCUT2D eigenvalue weighted by molar-refractivity contribution is 5.74. The van der Waals surface area contributed by atoms with Crippen molar-refractivity contribution in [3.05, 3.63) is 0 Å². The highest BCUT2D eigenvalue weighted by Gasteiger charge is 2.43. The summed E-state index contributed by atoms with van der Waals surface area (Å²) >= 11 is 0. The molecule has 1 amide bonds. The molecule has 3 fully saturated rings. The smallest absolute Gasteiger partial charge is 0.411 e. The zero-order chi connectivity index (χ0) is 21.7. The summed E-state index contributed by atoms with van der Waals surface area (Å²) < 4.78 is 10.4. The summed E-state index contributed by atoms with van der Waals surface area (Å²) in [4.78, 5) is 34.0. The van der Waals surface area contributed by atoms with E-state index in [0.717, 1.165) is 71.7 Å². The van der Waals surface area contributed by atoms with Crippen LogP contribution in [-0.2, 0) is 14.3 Å². The van der Waals surface area contributed by atoms with E-state index in [-0.39, 0.29) is 30.3 Å². The van der Waals surface area contributed by atoms with Crippen LogP contribution in [-0.4, -0.2) is 134 Å². The Morgan fingerprint density at radius 1 is 1.13 bits per heavy atom. The van der Waals surface area contributed by atoms with E-state index in [4.69, 9.17) is 20.6 Å². The molecule has 0 aromatic rings. The van der Waals surface area contributed by atoms with E-state index in [1.807, 2.05) is 11.9 Å². The molecule has 0 aliphatic carbocycles. The average molecular weight is 426 g/mol. The van der Waals surface area contributed by atoms with Gasteiger partial charge in [0, 0.05) is 59.4 Å². The monoisotopic (exact) mass is 425 g/mol. The summed E-state index contributed by atoms with van der Waals surface area (Å²) in [6.45, 7) is 7.66. The van der Waals surface area contributed by atoms with Crippen LogP contribution >= 0.6 is 0 Å². The lowest BCUT2D eigenvalue weighted by Gasteiger charge is -2.38. The summed E-state index contributed by atoms with van der Waals surface area (Å²) in [5.41, 5.74) is 5.56. The first kappa shape index (κ1) is 22.6. The van der Waals surface area contributed by atoms with E-state index in [9.17, 15) is 9.59 Å². The van der Waals surface area contributed by atoms with E-state index in [0.29, 0.717) is 6.54 Å². The Hall–Kier alpha value is -2.11. The normalized spacial score (nSPS) is 26.7. The molecule has 3 aliphatic heterocycles. The maximum absolute atomic E-state index is 12.2. The number of esters is 1. The number of ether oxygens (including phenoxy) is 2. The highest BCUT2D eigenvalue weighted by atomic mass is 16.6. The first-order valence-electron chi connectivity index (χ1n) is 10.7. The molecule has 0 radical (unpaired) electrons. The number of amides is 1. The second-order valence-electron chi connectivity index (χ2n) is 8.20. The van der Waals surface area contributed by atoms with Gasteiger partial charge >= 0.3 is 12.1 Å². The fourth-order valence-corrected chi connectivity index (χ4v) is 4.41. The lowest BCUT2D eigenvalue weighted by molar-refractivity contribution is -0.142. The van der Waals surface area contributed by atoms with Crippen molar-refractivity contribution in [2.24, 2.45) is 5.73 Å². The topological polar surface area (TPSA) is 119 Å². The zero-order valence-electron chi connectivity index (χ0n) is 18.1. The van der Waals surface area contributed by atoms with Crippen LogP contribution in [0.25, 0.3) is 0 Å². The number of carbonyl (C=O) groups is 2. The summed E-state index contributed by atoms with van der Waals surface area (Å²) in [6.07, 6.45) is 1.35. The van der Waals surface area contributed by atoms with Crippen LogP contribution in [0.2, 0.25) is 0 Å². The number of rotatable bonds is 7. The first-order valence-corrected chi connectivity index (χ1v) is 10.7. The van der Waals surface area contributed by atoms with Crippen molar-refractivity contribution in [1.82, 2.24) is 24.5 Å². The van der Waals surface area contributed by atoms with Gasteiger partial charge in [0.2, 0.25) is 0 Å². The molecule has 11 nitrogen and oxygen atoms in total. The summed E-state index contributed by atoms with van der Waals surface area (Å²) in [5.74, 6) is -0.0788. The van der Waals surface area contributed by atoms with E-state index in [2.05, 4.69) is 14.7 Å². The molecule has 0 aromatic heterocycles. The van der Waals surface area contributed by atoms with Gasteiger partial charge in [-0.25, -0.2) is 4.79 Å². The van der Waals surface area contributed by atoms with Gasteiger partial charge in [-0.15, -0.1) is 0 Å². The van der Waals surface area contributed by atoms with Gasteiger partial charge in [-0.05, 0) is 19.4 Å². The molecule has 0 saturated carbocycles. The minimum atomic E-state index is -0.267. The number of nitrogens with one attached hydrogen (secondary N) is 1. The van der Waals surface area contributed by atoms with Gasteiger partial charge in [-0.1, -0.05) is 0 Å². The average Bonchev–Trinajstić information content (AvgIpc) is 3.03. The maximum Gasteiger partial charge on any atom is 0.411 e. The Bertz CT molecular complexity index is 618. The number of nitrogens with zero attached hydrogens (tertiary/aromatic N) is 5. The molecular weight excluding hydrogens is 390 g/mol. The third-order valence-corrected chi connectivity index (χ3v) is 6.37. The van der Waals surface area contributed by atoms with E-state index >= 15 is 0 Å². The van der Waals surface area contributed by atoms with E-state index < -0.39 is 0 Å². The van der Waals surface area contributed by atoms with Gasteiger partial charge in [0.25, 0.3) is 0 Å².